The van der Waals surface area contributed by atoms with E-state index < -0.39 is 0 Å². The minimum absolute atomic E-state index is 0.156. The van der Waals surface area contributed by atoms with Gasteiger partial charge in [0.15, 0.2) is 0 Å². The molecular formula is C58H45N3. The van der Waals surface area contributed by atoms with E-state index in [1.54, 1.807) is 0 Å². The molecule has 0 radical (unpaired) electrons. The molecule has 3 aliphatic carbocycles. The molecule has 1 aliphatic heterocycles. The molecule has 61 heavy (non-hydrogen) atoms. The number of aromatic nitrogens is 1. The first-order chi connectivity index (χ1) is 30.0. The first kappa shape index (κ1) is 35.6. The maximum absolute atomic E-state index is 3.79. The van der Waals surface area contributed by atoms with Crippen LogP contribution in [-0.4, -0.2) is 10.1 Å². The van der Waals surface area contributed by atoms with Gasteiger partial charge in [-0.25, -0.2) is 0 Å². The summed E-state index contributed by atoms with van der Waals surface area (Å²) in [6, 6.07) is 55.7. The number of rotatable bonds is 6. The number of fused-ring (bicyclic) bond motifs is 9. The average Bonchev–Trinajstić information content (AvgIpc) is 3.79. The predicted octanol–water partition coefficient (Wildman–Crippen LogP) is 15.1. The van der Waals surface area contributed by atoms with Gasteiger partial charge in [-0.1, -0.05) is 164 Å². The van der Waals surface area contributed by atoms with E-state index in [1.165, 1.54) is 77.3 Å². The molecule has 1 N–H and O–H groups in total. The maximum atomic E-state index is 3.79. The van der Waals surface area contributed by atoms with Crippen molar-refractivity contribution in [2.45, 2.75) is 30.8 Å². The molecule has 2 heterocycles. The molecule has 3 heteroatoms. The summed E-state index contributed by atoms with van der Waals surface area (Å²) in [5, 5.41) is 8.80. The second-order valence-electron chi connectivity index (χ2n) is 17.4. The lowest BCUT2D eigenvalue weighted by Gasteiger charge is -2.41. The van der Waals surface area contributed by atoms with E-state index >= 15 is 0 Å². The van der Waals surface area contributed by atoms with E-state index in [2.05, 4.69) is 247 Å². The van der Waals surface area contributed by atoms with Gasteiger partial charge in [0.1, 0.15) is 0 Å². The number of nitrogens with zero attached hydrogens (tertiary/aromatic N) is 2. The Hall–Kier alpha value is -7.36. The van der Waals surface area contributed by atoms with Crippen molar-refractivity contribution in [2.75, 3.05) is 10.2 Å². The van der Waals surface area contributed by atoms with Crippen molar-refractivity contribution >= 4 is 55.3 Å². The van der Waals surface area contributed by atoms with E-state index in [0.29, 0.717) is 0 Å². The van der Waals surface area contributed by atoms with E-state index in [0.717, 1.165) is 11.4 Å². The fourth-order valence-corrected chi connectivity index (χ4v) is 10.9. The van der Waals surface area contributed by atoms with Crippen LogP contribution in [0.15, 0.2) is 224 Å². The Kier molecular flexibility index (Phi) is 7.92. The van der Waals surface area contributed by atoms with Gasteiger partial charge in [-0.05, 0) is 101 Å². The summed E-state index contributed by atoms with van der Waals surface area (Å²) >= 11 is 0. The molecule has 12 rings (SSSR count). The number of benzene rings is 7. The molecule has 3 nitrogen and oxygen atoms in total. The summed E-state index contributed by atoms with van der Waals surface area (Å²) in [6.07, 6.45) is 25.4. The third-order valence-corrected chi connectivity index (χ3v) is 13.8. The van der Waals surface area contributed by atoms with Crippen LogP contribution in [0.2, 0.25) is 0 Å². The fourth-order valence-electron chi connectivity index (χ4n) is 10.9. The third-order valence-electron chi connectivity index (χ3n) is 13.8. The highest BCUT2D eigenvalue weighted by Crippen LogP contribution is 2.58. The van der Waals surface area contributed by atoms with E-state index in [4.69, 9.17) is 0 Å². The van der Waals surface area contributed by atoms with Crippen LogP contribution >= 0.6 is 0 Å². The smallest absolute Gasteiger partial charge is 0.0713 e. The molecule has 4 unspecified atom stereocenters. The Bertz CT molecular complexity index is 3270. The molecule has 0 fully saturated rings. The summed E-state index contributed by atoms with van der Waals surface area (Å²) in [5.41, 5.74) is 14.0. The van der Waals surface area contributed by atoms with Crippen LogP contribution in [0.5, 0.6) is 0 Å². The largest absolute Gasteiger partial charge is 0.355 e. The molecule has 292 valence electrons. The highest BCUT2D eigenvalue weighted by atomic mass is 15.2. The van der Waals surface area contributed by atoms with Crippen LogP contribution in [0.3, 0.4) is 0 Å². The van der Waals surface area contributed by atoms with Crippen molar-refractivity contribution in [3.63, 3.8) is 0 Å². The van der Waals surface area contributed by atoms with Crippen LogP contribution in [-0.2, 0) is 5.54 Å². The lowest BCUT2D eigenvalue weighted by Crippen LogP contribution is -2.42. The van der Waals surface area contributed by atoms with Gasteiger partial charge in [-0.3, -0.25) is 0 Å². The Labute approximate surface area is 357 Å². The van der Waals surface area contributed by atoms with Crippen molar-refractivity contribution in [2.24, 2.45) is 5.92 Å². The predicted molar refractivity (Wildman–Crippen MR) is 258 cm³/mol. The lowest BCUT2D eigenvalue weighted by molar-refractivity contribution is 0.355. The van der Waals surface area contributed by atoms with Gasteiger partial charge < -0.3 is 14.8 Å². The minimum Gasteiger partial charge on any atom is -0.355 e. The third kappa shape index (κ3) is 5.43. The number of hydrogen-bond acceptors (Lipinski definition) is 2. The van der Waals surface area contributed by atoms with Gasteiger partial charge in [0.2, 0.25) is 0 Å². The number of allylic oxidation sites excluding steroid dienone is 10. The van der Waals surface area contributed by atoms with Crippen LogP contribution < -0.4 is 10.2 Å². The summed E-state index contributed by atoms with van der Waals surface area (Å²) in [4.78, 5) is 2.58. The second kappa shape index (κ2) is 13.6. The molecular weight excluding hydrogens is 739 g/mol. The van der Waals surface area contributed by atoms with Crippen molar-refractivity contribution in [1.29, 1.82) is 0 Å². The second-order valence-corrected chi connectivity index (χ2v) is 17.4. The number of para-hydroxylation sites is 1. The molecule has 1 aromatic heterocycles. The molecule has 4 atom stereocenters. The van der Waals surface area contributed by atoms with E-state index in [1.807, 2.05) is 0 Å². The van der Waals surface area contributed by atoms with Gasteiger partial charge in [0, 0.05) is 62.0 Å². The summed E-state index contributed by atoms with van der Waals surface area (Å²) in [7, 11) is 0. The quantitative estimate of drug-likeness (QED) is 0.181. The Balaban J connectivity index is 1.07. The van der Waals surface area contributed by atoms with Crippen LogP contribution in [0.25, 0.3) is 54.8 Å². The van der Waals surface area contributed by atoms with Gasteiger partial charge in [-0.2, -0.15) is 0 Å². The first-order valence-electron chi connectivity index (χ1n) is 21.5. The SMILES string of the molecule is CC12C=CC=CC1c1c(ccc3c4cc(-c5ccc(Nc6ccc7ccccc7c6)c(-c6ccccc6)c5)ccc4n(C4(C)C=CC=C5C=CC=CC54)c13)N2c1ccccc1. The van der Waals surface area contributed by atoms with Crippen LogP contribution in [0, 0.1) is 5.92 Å². The van der Waals surface area contributed by atoms with Crippen LogP contribution in [0.4, 0.5) is 22.7 Å². The molecule has 0 amide bonds. The number of hydrogen-bond donors (Lipinski definition) is 1. The highest BCUT2D eigenvalue weighted by Gasteiger charge is 2.49. The Morgan fingerprint density at radius 3 is 2.15 bits per heavy atom. The highest BCUT2D eigenvalue weighted by molar-refractivity contribution is 6.13. The molecule has 0 saturated carbocycles. The molecule has 7 aromatic carbocycles. The summed E-state index contributed by atoms with van der Waals surface area (Å²) < 4.78 is 2.70. The van der Waals surface area contributed by atoms with Crippen molar-refractivity contribution in [3.8, 4) is 22.3 Å². The van der Waals surface area contributed by atoms with Gasteiger partial charge in [0.05, 0.1) is 16.6 Å². The standard InChI is InChI=1S/C58H45N3/c1-57(35-15-21-41-19-11-12-24-50(41)57)61-53-32-28-44(43-27-31-52(48(37-43)40-17-5-3-6-18-40)59-45-29-26-39-16-9-10-20-42(39)36-45)38-49(53)47-30-33-54-55(56(47)61)51-25-13-14-34-58(51,2)60(54)46-22-7-4-8-23-46/h3-38,50-51,59H,1-2H3. The average molecular weight is 784 g/mol. The van der Waals surface area contributed by atoms with E-state index in [9.17, 15) is 0 Å². The van der Waals surface area contributed by atoms with E-state index in [-0.39, 0.29) is 22.9 Å². The molecule has 4 aliphatic rings. The first-order valence-corrected chi connectivity index (χ1v) is 21.5. The van der Waals surface area contributed by atoms with Crippen molar-refractivity contribution in [3.05, 3.63) is 230 Å². The Morgan fingerprint density at radius 1 is 0.541 bits per heavy atom. The van der Waals surface area contributed by atoms with Gasteiger partial charge in [0.25, 0.3) is 0 Å². The molecule has 8 aromatic rings. The zero-order valence-corrected chi connectivity index (χ0v) is 34.3. The summed E-state index contributed by atoms with van der Waals surface area (Å²) in [5.74, 6) is 0.343. The topological polar surface area (TPSA) is 20.2 Å². The maximum Gasteiger partial charge on any atom is 0.0713 e. The van der Waals surface area contributed by atoms with Crippen molar-refractivity contribution < 1.29 is 0 Å². The molecule has 0 saturated heterocycles. The van der Waals surface area contributed by atoms with Gasteiger partial charge in [-0.15, -0.1) is 0 Å². The van der Waals surface area contributed by atoms with Gasteiger partial charge >= 0.3 is 0 Å². The Morgan fingerprint density at radius 2 is 1.28 bits per heavy atom. The molecule has 0 bridgehead atoms. The minimum atomic E-state index is -0.358. The van der Waals surface area contributed by atoms with Crippen molar-refractivity contribution in [1.82, 2.24) is 4.57 Å². The number of nitrogens with one attached hydrogen (secondary N) is 1. The fraction of sp³-hybridized carbons (Fsp3) is 0.103. The zero-order valence-electron chi connectivity index (χ0n) is 34.3. The number of anilines is 4. The molecule has 0 spiro atoms. The lowest BCUT2D eigenvalue weighted by atomic mass is 9.74. The normalized spacial score (nSPS) is 22.1. The summed E-state index contributed by atoms with van der Waals surface area (Å²) in [6.45, 7) is 4.84. The van der Waals surface area contributed by atoms with Crippen LogP contribution in [0.1, 0.15) is 25.3 Å². The monoisotopic (exact) mass is 783 g/mol. The zero-order chi connectivity index (χ0) is 40.7.